The molecule has 0 aliphatic carbocycles. The van der Waals surface area contributed by atoms with Crippen molar-refractivity contribution in [1.29, 1.82) is 0 Å². The molecule has 0 bridgehead atoms. The summed E-state index contributed by atoms with van der Waals surface area (Å²) >= 11 is 0. The summed E-state index contributed by atoms with van der Waals surface area (Å²) in [4.78, 5) is 27.8. The third kappa shape index (κ3) is 5.13. The predicted octanol–water partition coefficient (Wildman–Crippen LogP) is 0.000300. The second-order valence-corrected chi connectivity index (χ2v) is 8.00. The zero-order valence-electron chi connectivity index (χ0n) is 15.2. The molecule has 2 N–H and O–H groups in total. The van der Waals surface area contributed by atoms with Crippen LogP contribution < -0.4 is 10.6 Å². The molecule has 0 radical (unpaired) electrons. The zero-order chi connectivity index (χ0) is 20.9. The average molecular weight is 422 g/mol. The van der Waals surface area contributed by atoms with Crippen molar-refractivity contribution in [3.8, 4) is 0 Å². The standard InChI is InChI=1S/C18H19FN4O5S/c19-13-4-6-15(7-5-13)29(26,27)23-9-10-28-16(23)12-22-18(25)17(24)21-11-14-3-1-2-8-20-14/h1-8,16H,9-12H2,(H,21,24)(H,22,25)/t16-/m0/s1. The van der Waals surface area contributed by atoms with Crippen molar-refractivity contribution in [2.45, 2.75) is 17.7 Å². The van der Waals surface area contributed by atoms with Crippen LogP contribution in [0, 0.1) is 5.82 Å². The molecule has 9 nitrogen and oxygen atoms in total. The van der Waals surface area contributed by atoms with E-state index < -0.39 is 33.9 Å². The first kappa shape index (κ1) is 20.8. The van der Waals surface area contributed by atoms with Crippen LogP contribution in [-0.4, -0.2) is 55.4 Å². The Balaban J connectivity index is 1.55. The van der Waals surface area contributed by atoms with Gasteiger partial charge in [0.25, 0.3) is 0 Å². The number of sulfonamides is 1. The van der Waals surface area contributed by atoms with Gasteiger partial charge in [-0.2, -0.15) is 4.31 Å². The molecule has 2 aromatic rings. The van der Waals surface area contributed by atoms with E-state index in [1.807, 2.05) is 0 Å². The first-order valence-corrected chi connectivity index (χ1v) is 10.2. The Hall–Kier alpha value is -2.89. The van der Waals surface area contributed by atoms with Gasteiger partial charge in [0, 0.05) is 12.7 Å². The Morgan fingerprint density at radius 1 is 1.14 bits per heavy atom. The largest absolute Gasteiger partial charge is 0.359 e. The average Bonchev–Trinajstić information content (AvgIpc) is 3.21. The maximum Gasteiger partial charge on any atom is 0.309 e. The van der Waals surface area contributed by atoms with E-state index in [0.717, 1.165) is 28.6 Å². The van der Waals surface area contributed by atoms with Crippen LogP contribution in [0.5, 0.6) is 0 Å². The fraction of sp³-hybridized carbons (Fsp3) is 0.278. The number of hydrogen-bond donors (Lipinski definition) is 2. The van der Waals surface area contributed by atoms with Crippen LogP contribution >= 0.6 is 0 Å². The lowest BCUT2D eigenvalue weighted by atomic mass is 10.3. The zero-order valence-corrected chi connectivity index (χ0v) is 16.1. The number of ether oxygens (including phenoxy) is 1. The third-order valence-electron chi connectivity index (χ3n) is 4.16. The van der Waals surface area contributed by atoms with Crippen molar-refractivity contribution in [3.63, 3.8) is 0 Å². The molecule has 1 aromatic heterocycles. The van der Waals surface area contributed by atoms with Crippen molar-refractivity contribution in [1.82, 2.24) is 19.9 Å². The van der Waals surface area contributed by atoms with E-state index in [2.05, 4.69) is 15.6 Å². The van der Waals surface area contributed by atoms with E-state index in [1.165, 1.54) is 0 Å². The fourth-order valence-electron chi connectivity index (χ4n) is 2.70. The molecule has 0 spiro atoms. The fourth-order valence-corrected chi connectivity index (χ4v) is 4.21. The van der Waals surface area contributed by atoms with Gasteiger partial charge in [0.05, 0.1) is 30.3 Å². The predicted molar refractivity (Wildman–Crippen MR) is 99.1 cm³/mol. The van der Waals surface area contributed by atoms with E-state index in [9.17, 15) is 22.4 Å². The van der Waals surface area contributed by atoms with Crippen LogP contribution in [0.2, 0.25) is 0 Å². The number of nitrogens with one attached hydrogen (secondary N) is 2. The minimum absolute atomic E-state index is 0.0755. The lowest BCUT2D eigenvalue weighted by Crippen LogP contribution is -2.47. The molecule has 2 heterocycles. The van der Waals surface area contributed by atoms with Gasteiger partial charge in [-0.1, -0.05) is 6.07 Å². The maximum atomic E-state index is 13.1. The second kappa shape index (κ2) is 9.07. The molecule has 1 saturated heterocycles. The van der Waals surface area contributed by atoms with Crippen LogP contribution in [0.25, 0.3) is 0 Å². The summed E-state index contributed by atoms with van der Waals surface area (Å²) in [5.41, 5.74) is 0.587. The molecular weight excluding hydrogens is 403 g/mol. The highest BCUT2D eigenvalue weighted by Gasteiger charge is 2.36. The Kier molecular flexibility index (Phi) is 6.52. The Bertz CT molecular complexity index is 970. The molecule has 0 saturated carbocycles. The highest BCUT2D eigenvalue weighted by atomic mass is 32.2. The molecule has 1 aliphatic rings. The molecule has 2 amide bonds. The van der Waals surface area contributed by atoms with E-state index in [1.54, 1.807) is 24.4 Å². The lowest BCUT2D eigenvalue weighted by molar-refractivity contribution is -0.139. The summed E-state index contributed by atoms with van der Waals surface area (Å²) in [5, 5.41) is 4.79. The van der Waals surface area contributed by atoms with Crippen LogP contribution in [0.4, 0.5) is 4.39 Å². The second-order valence-electron chi connectivity index (χ2n) is 6.11. The molecular formula is C18H19FN4O5S. The van der Waals surface area contributed by atoms with Crippen molar-refractivity contribution >= 4 is 21.8 Å². The van der Waals surface area contributed by atoms with Gasteiger partial charge in [0.1, 0.15) is 12.0 Å². The Labute approximate surface area is 166 Å². The Morgan fingerprint density at radius 2 is 1.86 bits per heavy atom. The molecule has 1 aliphatic heterocycles. The Morgan fingerprint density at radius 3 is 2.55 bits per heavy atom. The molecule has 154 valence electrons. The van der Waals surface area contributed by atoms with E-state index in [0.29, 0.717) is 5.69 Å². The van der Waals surface area contributed by atoms with E-state index in [-0.39, 0.29) is 31.1 Å². The molecule has 3 rings (SSSR count). The number of nitrogens with zero attached hydrogens (tertiary/aromatic N) is 2. The van der Waals surface area contributed by atoms with Crippen molar-refractivity contribution in [2.24, 2.45) is 0 Å². The van der Waals surface area contributed by atoms with Crippen LogP contribution in [0.1, 0.15) is 5.69 Å². The molecule has 1 fully saturated rings. The number of rotatable bonds is 6. The lowest BCUT2D eigenvalue weighted by Gasteiger charge is -2.22. The third-order valence-corrected chi connectivity index (χ3v) is 6.07. The highest BCUT2D eigenvalue weighted by molar-refractivity contribution is 7.89. The number of carbonyl (C=O) groups is 2. The molecule has 1 atom stereocenters. The molecule has 11 heteroatoms. The quantitative estimate of drug-likeness (QED) is 0.633. The van der Waals surface area contributed by atoms with E-state index >= 15 is 0 Å². The number of pyridine rings is 1. The number of benzene rings is 1. The molecule has 29 heavy (non-hydrogen) atoms. The SMILES string of the molecule is O=C(NCc1ccccn1)C(=O)NC[C@@H]1OCCN1S(=O)(=O)c1ccc(F)cc1. The summed E-state index contributed by atoms with van der Waals surface area (Å²) < 4.78 is 44.9. The number of amides is 2. The number of aromatic nitrogens is 1. The summed E-state index contributed by atoms with van der Waals surface area (Å²) in [6.07, 6.45) is 0.590. The highest BCUT2D eigenvalue weighted by Crippen LogP contribution is 2.22. The van der Waals surface area contributed by atoms with Crippen LogP contribution in [0.15, 0.2) is 53.6 Å². The van der Waals surface area contributed by atoms with Crippen LogP contribution in [0.3, 0.4) is 0 Å². The number of halogens is 1. The first-order chi connectivity index (χ1) is 13.9. The van der Waals surface area contributed by atoms with Gasteiger partial charge in [-0.3, -0.25) is 14.6 Å². The van der Waals surface area contributed by atoms with Gasteiger partial charge in [0.2, 0.25) is 10.0 Å². The van der Waals surface area contributed by atoms with Gasteiger partial charge < -0.3 is 15.4 Å². The first-order valence-electron chi connectivity index (χ1n) is 8.73. The summed E-state index contributed by atoms with van der Waals surface area (Å²) in [7, 11) is -3.94. The van der Waals surface area contributed by atoms with Gasteiger partial charge in [0.15, 0.2) is 0 Å². The number of hydrogen-bond acceptors (Lipinski definition) is 6. The summed E-state index contributed by atoms with van der Waals surface area (Å²) in [6, 6.07) is 9.59. The normalized spacial score (nSPS) is 17.1. The topological polar surface area (TPSA) is 118 Å². The minimum Gasteiger partial charge on any atom is -0.359 e. The van der Waals surface area contributed by atoms with Gasteiger partial charge in [-0.05, 0) is 36.4 Å². The van der Waals surface area contributed by atoms with Crippen molar-refractivity contribution < 1.29 is 27.1 Å². The van der Waals surface area contributed by atoms with Crippen LogP contribution in [-0.2, 0) is 30.9 Å². The smallest absolute Gasteiger partial charge is 0.309 e. The van der Waals surface area contributed by atoms with Gasteiger partial charge in [-0.15, -0.1) is 0 Å². The number of carbonyl (C=O) groups excluding carboxylic acids is 2. The summed E-state index contributed by atoms with van der Waals surface area (Å²) in [5.74, 6) is -2.35. The summed E-state index contributed by atoms with van der Waals surface area (Å²) in [6.45, 7) is 0.0767. The van der Waals surface area contributed by atoms with Crippen molar-refractivity contribution in [2.75, 3.05) is 19.7 Å². The maximum absolute atomic E-state index is 13.1. The van der Waals surface area contributed by atoms with Gasteiger partial charge in [-0.25, -0.2) is 12.8 Å². The monoisotopic (exact) mass is 422 g/mol. The minimum atomic E-state index is -3.94. The molecule has 0 unspecified atom stereocenters. The van der Waals surface area contributed by atoms with Gasteiger partial charge >= 0.3 is 11.8 Å². The molecule has 1 aromatic carbocycles. The van der Waals surface area contributed by atoms with E-state index in [4.69, 9.17) is 4.74 Å². The van der Waals surface area contributed by atoms with Crippen molar-refractivity contribution in [3.05, 3.63) is 60.2 Å².